The van der Waals surface area contributed by atoms with Crippen LogP contribution in [0, 0.1) is 5.82 Å². The smallest absolute Gasteiger partial charge is 0.195 e. The fourth-order valence-electron chi connectivity index (χ4n) is 2.13. The van der Waals surface area contributed by atoms with Gasteiger partial charge in [0.15, 0.2) is 5.78 Å². The van der Waals surface area contributed by atoms with Gasteiger partial charge in [-0.1, -0.05) is 31.9 Å². The molecule has 20 heavy (non-hydrogen) atoms. The molecule has 5 heteroatoms. The Balaban J connectivity index is 2.12. The second kappa shape index (κ2) is 5.14. The Kier molecular flexibility index (Phi) is 3.48. The van der Waals surface area contributed by atoms with Gasteiger partial charge in [-0.2, -0.15) is 0 Å². The van der Waals surface area contributed by atoms with E-state index in [4.69, 9.17) is 0 Å². The topological polar surface area (TPSA) is 32.9 Å². The number of benzene rings is 2. The first-order valence-electron chi connectivity index (χ1n) is 5.82. The molecule has 0 spiro atoms. The molecule has 2 nitrogen and oxygen atoms in total. The van der Waals surface area contributed by atoms with Gasteiger partial charge in [0.1, 0.15) is 5.82 Å². The molecule has 3 aromatic rings. The van der Waals surface area contributed by atoms with Gasteiger partial charge >= 0.3 is 0 Å². The number of ketones is 1. The molecule has 0 amide bonds. The lowest BCUT2D eigenvalue weighted by atomic mass is 10.0. The second-order valence-corrected chi connectivity index (χ2v) is 6.21. The van der Waals surface area contributed by atoms with Gasteiger partial charge < -0.3 is 4.98 Å². The van der Waals surface area contributed by atoms with Gasteiger partial charge in [-0.05, 0) is 36.4 Å². The van der Waals surface area contributed by atoms with Gasteiger partial charge in [0.05, 0.1) is 0 Å². The van der Waals surface area contributed by atoms with Crippen LogP contribution in [0.25, 0.3) is 10.9 Å². The van der Waals surface area contributed by atoms with Crippen molar-refractivity contribution in [1.29, 1.82) is 0 Å². The lowest BCUT2D eigenvalue weighted by Crippen LogP contribution is -2.00. The maximum atomic E-state index is 13.2. The number of hydrogen-bond acceptors (Lipinski definition) is 1. The summed E-state index contributed by atoms with van der Waals surface area (Å²) in [5.41, 5.74) is 1.71. The fraction of sp³-hybridized carbons (Fsp3) is 0. The molecule has 0 aliphatic heterocycles. The van der Waals surface area contributed by atoms with E-state index in [2.05, 4.69) is 36.8 Å². The van der Waals surface area contributed by atoms with Crippen LogP contribution < -0.4 is 0 Å². The zero-order valence-corrected chi connectivity index (χ0v) is 13.3. The third-order valence-corrected chi connectivity index (χ3v) is 3.93. The number of carbonyl (C=O) groups is 1. The molecule has 0 aliphatic rings. The SMILES string of the molecule is O=C(c1cc(Br)cc(Br)c1)c1c[nH]c2cc(F)ccc12. The first-order chi connectivity index (χ1) is 9.54. The number of rotatable bonds is 2. The van der Waals surface area contributed by atoms with E-state index in [1.54, 1.807) is 24.4 Å². The van der Waals surface area contributed by atoms with Crippen molar-refractivity contribution < 1.29 is 9.18 Å². The van der Waals surface area contributed by atoms with Crippen molar-refractivity contribution in [2.24, 2.45) is 0 Å². The van der Waals surface area contributed by atoms with E-state index >= 15 is 0 Å². The third-order valence-electron chi connectivity index (χ3n) is 3.01. The number of hydrogen-bond donors (Lipinski definition) is 1. The van der Waals surface area contributed by atoms with Gasteiger partial charge in [0.25, 0.3) is 0 Å². The third kappa shape index (κ3) is 2.43. The van der Waals surface area contributed by atoms with E-state index in [-0.39, 0.29) is 11.6 Å². The highest BCUT2D eigenvalue weighted by atomic mass is 79.9. The first kappa shape index (κ1) is 13.5. The molecule has 0 unspecified atom stereocenters. The maximum Gasteiger partial charge on any atom is 0.195 e. The number of aromatic nitrogens is 1. The maximum absolute atomic E-state index is 13.2. The van der Waals surface area contributed by atoms with Crippen LogP contribution in [-0.4, -0.2) is 10.8 Å². The summed E-state index contributed by atoms with van der Waals surface area (Å²) in [5, 5.41) is 0.715. The van der Waals surface area contributed by atoms with Crippen LogP contribution in [0.3, 0.4) is 0 Å². The molecule has 1 aromatic heterocycles. The number of halogens is 3. The van der Waals surface area contributed by atoms with Gasteiger partial charge in [-0.25, -0.2) is 4.39 Å². The molecular weight excluding hydrogens is 389 g/mol. The molecule has 0 atom stereocenters. The Morgan fingerprint density at radius 1 is 1.05 bits per heavy atom. The van der Waals surface area contributed by atoms with Gasteiger partial charge in [-0.3, -0.25) is 4.79 Å². The molecule has 0 saturated heterocycles. The zero-order chi connectivity index (χ0) is 14.3. The monoisotopic (exact) mass is 395 g/mol. The minimum absolute atomic E-state index is 0.107. The van der Waals surface area contributed by atoms with Gasteiger partial charge in [-0.15, -0.1) is 0 Å². The Morgan fingerprint density at radius 3 is 2.45 bits per heavy atom. The minimum Gasteiger partial charge on any atom is -0.360 e. The predicted molar refractivity (Wildman–Crippen MR) is 83.5 cm³/mol. The average Bonchev–Trinajstić information content (AvgIpc) is 2.79. The highest BCUT2D eigenvalue weighted by Crippen LogP contribution is 2.25. The van der Waals surface area contributed by atoms with Crippen molar-refractivity contribution in [2.45, 2.75) is 0 Å². The molecule has 2 aromatic carbocycles. The molecule has 1 N–H and O–H groups in total. The van der Waals surface area contributed by atoms with Crippen LogP contribution >= 0.6 is 31.9 Å². The van der Waals surface area contributed by atoms with Crippen LogP contribution in [-0.2, 0) is 0 Å². The largest absolute Gasteiger partial charge is 0.360 e. The standard InChI is InChI=1S/C15H8Br2FNO/c16-9-3-8(4-10(17)5-9)15(20)13-7-19-14-6-11(18)1-2-12(13)14/h1-7,19H. The van der Waals surface area contributed by atoms with E-state index in [0.29, 0.717) is 22.0 Å². The number of carbonyl (C=O) groups excluding carboxylic acids is 1. The summed E-state index contributed by atoms with van der Waals surface area (Å²) in [4.78, 5) is 15.5. The molecule has 0 radical (unpaired) electrons. The number of fused-ring (bicyclic) bond motifs is 1. The molecule has 0 aliphatic carbocycles. The van der Waals surface area contributed by atoms with Crippen LogP contribution in [0.1, 0.15) is 15.9 Å². The lowest BCUT2D eigenvalue weighted by Gasteiger charge is -2.02. The Hall–Kier alpha value is -1.46. The first-order valence-corrected chi connectivity index (χ1v) is 7.40. The summed E-state index contributed by atoms with van der Waals surface area (Å²) in [6, 6.07) is 9.72. The quantitative estimate of drug-likeness (QED) is 0.603. The van der Waals surface area contributed by atoms with Gasteiger partial charge in [0.2, 0.25) is 0 Å². The average molecular weight is 397 g/mol. The van der Waals surface area contributed by atoms with E-state index < -0.39 is 0 Å². The lowest BCUT2D eigenvalue weighted by molar-refractivity contribution is 0.104. The van der Waals surface area contributed by atoms with E-state index in [9.17, 15) is 9.18 Å². The molecule has 100 valence electrons. The van der Waals surface area contributed by atoms with Crippen LogP contribution in [0.4, 0.5) is 4.39 Å². The van der Waals surface area contributed by atoms with Crippen molar-refractivity contribution in [3.05, 3.63) is 68.5 Å². The summed E-state index contributed by atoms with van der Waals surface area (Å²) < 4.78 is 14.8. The summed E-state index contributed by atoms with van der Waals surface area (Å²) >= 11 is 6.73. The van der Waals surface area contributed by atoms with E-state index in [1.807, 2.05) is 6.07 Å². The highest BCUT2D eigenvalue weighted by Gasteiger charge is 2.15. The Morgan fingerprint density at radius 2 is 1.75 bits per heavy atom. The number of nitrogens with one attached hydrogen (secondary N) is 1. The van der Waals surface area contributed by atoms with Gasteiger partial charge in [0, 0.05) is 37.2 Å². The minimum atomic E-state index is -0.330. The van der Waals surface area contributed by atoms with Crippen molar-refractivity contribution in [1.82, 2.24) is 4.98 Å². The van der Waals surface area contributed by atoms with Crippen LogP contribution in [0.15, 0.2) is 51.5 Å². The summed E-state index contributed by atoms with van der Waals surface area (Å²) in [5.74, 6) is -0.437. The van der Waals surface area contributed by atoms with Crippen molar-refractivity contribution in [3.63, 3.8) is 0 Å². The van der Waals surface area contributed by atoms with E-state index in [1.165, 1.54) is 12.1 Å². The normalized spacial score (nSPS) is 10.9. The van der Waals surface area contributed by atoms with Crippen molar-refractivity contribution in [3.8, 4) is 0 Å². The van der Waals surface area contributed by atoms with Crippen LogP contribution in [0.5, 0.6) is 0 Å². The molecule has 1 heterocycles. The second-order valence-electron chi connectivity index (χ2n) is 4.38. The fourth-order valence-corrected chi connectivity index (χ4v) is 3.42. The Labute approximate surface area is 131 Å². The molecular formula is C15H8Br2FNO. The van der Waals surface area contributed by atoms with Crippen LogP contribution in [0.2, 0.25) is 0 Å². The van der Waals surface area contributed by atoms with E-state index in [0.717, 1.165) is 8.95 Å². The van der Waals surface area contributed by atoms with Crippen molar-refractivity contribution in [2.75, 3.05) is 0 Å². The zero-order valence-electron chi connectivity index (χ0n) is 10.1. The molecule has 0 saturated carbocycles. The summed E-state index contributed by atoms with van der Waals surface area (Å²) in [6.07, 6.45) is 1.61. The number of H-pyrrole nitrogens is 1. The molecule has 0 bridgehead atoms. The predicted octanol–water partition coefficient (Wildman–Crippen LogP) is 5.06. The number of aromatic amines is 1. The van der Waals surface area contributed by atoms with Crippen molar-refractivity contribution >= 4 is 48.5 Å². The Bertz CT molecular complexity index is 806. The summed E-state index contributed by atoms with van der Waals surface area (Å²) in [6.45, 7) is 0. The molecule has 0 fully saturated rings. The molecule has 3 rings (SSSR count). The summed E-state index contributed by atoms with van der Waals surface area (Å²) in [7, 11) is 0. The highest BCUT2D eigenvalue weighted by molar-refractivity contribution is 9.11.